The predicted octanol–water partition coefficient (Wildman–Crippen LogP) is 3.54. The second kappa shape index (κ2) is 8.48. The number of methoxy groups -OCH3 is 1. The van der Waals surface area contributed by atoms with Crippen LogP contribution in [0, 0.1) is 5.82 Å². The van der Waals surface area contributed by atoms with Gasteiger partial charge in [0.05, 0.1) is 7.11 Å². The van der Waals surface area contributed by atoms with Gasteiger partial charge in [0.15, 0.2) is 5.82 Å². The molecule has 0 saturated carbocycles. The number of carbonyl (C=O) groups is 1. The lowest BCUT2D eigenvalue weighted by atomic mass is 10.2. The van der Waals surface area contributed by atoms with E-state index in [0.29, 0.717) is 17.9 Å². The number of nitrogens with one attached hydrogen (secondary N) is 1. The number of carbonyl (C=O) groups excluding carboxylic acids is 1. The molecule has 26 heavy (non-hydrogen) atoms. The second-order valence-electron chi connectivity index (χ2n) is 5.33. The minimum atomic E-state index is -0.485. The molecule has 0 unspecified atom stereocenters. The third-order valence-corrected chi connectivity index (χ3v) is 4.57. The van der Waals surface area contributed by atoms with Crippen molar-refractivity contribution in [1.29, 1.82) is 0 Å². The number of nitrogens with zero attached hydrogens (tertiary/aromatic N) is 3. The van der Waals surface area contributed by atoms with E-state index >= 15 is 0 Å². The Morgan fingerprint density at radius 2 is 2.08 bits per heavy atom. The average Bonchev–Trinajstić information content (AvgIpc) is 3.17. The number of hydrogen-bond donors (Lipinski definition) is 1. The quantitative estimate of drug-likeness (QED) is 0.643. The van der Waals surface area contributed by atoms with Crippen LogP contribution in [0.25, 0.3) is 5.69 Å². The molecule has 0 saturated heterocycles. The molecule has 3 aromatic rings. The highest BCUT2D eigenvalue weighted by atomic mass is 32.2. The number of ether oxygens (including phenoxy) is 1. The largest absolute Gasteiger partial charge is 0.497 e. The Hall–Kier alpha value is -2.87. The van der Waals surface area contributed by atoms with Crippen LogP contribution < -0.4 is 10.1 Å². The first kappa shape index (κ1) is 17.9. The third-order valence-electron chi connectivity index (χ3n) is 3.55. The van der Waals surface area contributed by atoms with Gasteiger partial charge in [-0.15, -0.1) is 11.8 Å². The Bertz CT molecular complexity index is 869. The molecule has 134 valence electrons. The van der Waals surface area contributed by atoms with Gasteiger partial charge in [0.25, 0.3) is 0 Å². The van der Waals surface area contributed by atoms with Crippen molar-refractivity contribution in [1.82, 2.24) is 14.8 Å². The summed E-state index contributed by atoms with van der Waals surface area (Å²) in [5.41, 5.74) is 0.682. The van der Waals surface area contributed by atoms with Gasteiger partial charge in [-0.25, -0.2) is 14.1 Å². The minimum absolute atomic E-state index is 0.168. The van der Waals surface area contributed by atoms with E-state index in [9.17, 15) is 9.18 Å². The molecule has 0 fully saturated rings. The van der Waals surface area contributed by atoms with Crippen molar-refractivity contribution in [3.63, 3.8) is 0 Å². The number of anilines is 1. The van der Waals surface area contributed by atoms with E-state index in [2.05, 4.69) is 15.4 Å². The summed E-state index contributed by atoms with van der Waals surface area (Å²) in [5.74, 6) is 0.765. The molecule has 1 N–H and O–H groups in total. The summed E-state index contributed by atoms with van der Waals surface area (Å²) in [7, 11) is 1.62. The fraction of sp³-hybridized carbons (Fsp3) is 0.167. The molecular weight excluding hydrogens is 355 g/mol. The van der Waals surface area contributed by atoms with Gasteiger partial charge in [0.1, 0.15) is 24.1 Å². The number of aromatic nitrogens is 3. The number of thioether (sulfide) groups is 1. The maximum Gasteiger partial charge on any atom is 0.225 e. The van der Waals surface area contributed by atoms with Crippen LogP contribution in [0.4, 0.5) is 10.1 Å². The molecule has 0 spiro atoms. The molecule has 8 heteroatoms. The summed E-state index contributed by atoms with van der Waals surface area (Å²) < 4.78 is 20.6. The Morgan fingerprint density at radius 3 is 2.73 bits per heavy atom. The highest BCUT2D eigenvalue weighted by Gasteiger charge is 2.09. The predicted molar refractivity (Wildman–Crippen MR) is 98.3 cm³/mol. The zero-order chi connectivity index (χ0) is 18.4. The van der Waals surface area contributed by atoms with Crippen molar-refractivity contribution in [3.8, 4) is 11.4 Å². The molecule has 0 atom stereocenters. The number of benzene rings is 2. The molecule has 0 bridgehead atoms. The van der Waals surface area contributed by atoms with Crippen LogP contribution in [-0.4, -0.2) is 33.5 Å². The lowest BCUT2D eigenvalue weighted by Crippen LogP contribution is -2.12. The molecule has 2 aromatic carbocycles. The zero-order valence-corrected chi connectivity index (χ0v) is 14.9. The average molecular weight is 372 g/mol. The van der Waals surface area contributed by atoms with E-state index in [1.807, 2.05) is 24.3 Å². The summed E-state index contributed by atoms with van der Waals surface area (Å²) in [6.45, 7) is 0. The minimum Gasteiger partial charge on any atom is -0.497 e. The monoisotopic (exact) mass is 372 g/mol. The van der Waals surface area contributed by atoms with E-state index in [1.165, 1.54) is 23.4 Å². The fourth-order valence-corrected chi connectivity index (χ4v) is 3.11. The Kier molecular flexibility index (Phi) is 5.85. The van der Waals surface area contributed by atoms with Gasteiger partial charge < -0.3 is 10.1 Å². The van der Waals surface area contributed by atoms with Crippen molar-refractivity contribution in [2.45, 2.75) is 11.3 Å². The van der Waals surface area contributed by atoms with E-state index < -0.39 is 5.82 Å². The fourth-order valence-electron chi connectivity index (χ4n) is 2.26. The van der Waals surface area contributed by atoms with Crippen molar-refractivity contribution in [2.24, 2.45) is 0 Å². The number of amides is 1. The van der Waals surface area contributed by atoms with Crippen molar-refractivity contribution in [3.05, 3.63) is 60.9 Å². The summed E-state index contributed by atoms with van der Waals surface area (Å²) in [5, 5.41) is 6.59. The van der Waals surface area contributed by atoms with Crippen LogP contribution in [0.5, 0.6) is 5.75 Å². The molecule has 1 heterocycles. The maximum atomic E-state index is 14.1. The van der Waals surface area contributed by atoms with Crippen LogP contribution in [0.3, 0.4) is 0 Å². The van der Waals surface area contributed by atoms with Crippen LogP contribution in [0.15, 0.2) is 60.0 Å². The standard InChI is InChI=1S/C18H17FN4O2S/c1-25-14-3-5-15(6-4-14)26-9-8-18(24)22-13-2-7-17(16(19)10-13)23-12-20-11-21-23/h2-7,10-12H,8-9H2,1H3,(H,22,24). The van der Waals surface area contributed by atoms with Crippen molar-refractivity contribution < 1.29 is 13.9 Å². The van der Waals surface area contributed by atoms with Crippen LogP contribution in [0.2, 0.25) is 0 Å². The number of rotatable bonds is 7. The van der Waals surface area contributed by atoms with Crippen LogP contribution in [0.1, 0.15) is 6.42 Å². The van der Waals surface area contributed by atoms with E-state index in [0.717, 1.165) is 10.6 Å². The van der Waals surface area contributed by atoms with Gasteiger partial charge >= 0.3 is 0 Å². The van der Waals surface area contributed by atoms with E-state index in [-0.39, 0.29) is 11.6 Å². The lowest BCUT2D eigenvalue weighted by molar-refractivity contribution is -0.115. The molecule has 1 aromatic heterocycles. The first-order valence-electron chi connectivity index (χ1n) is 7.87. The third kappa shape index (κ3) is 4.60. The molecule has 1 amide bonds. The molecule has 0 aliphatic heterocycles. The summed E-state index contributed by atoms with van der Waals surface area (Å²) in [6.07, 6.45) is 3.06. The number of hydrogen-bond acceptors (Lipinski definition) is 5. The Labute approximate surface area is 154 Å². The molecule has 0 aliphatic rings. The summed E-state index contributed by atoms with van der Waals surface area (Å²) in [4.78, 5) is 16.9. The van der Waals surface area contributed by atoms with Crippen molar-refractivity contribution in [2.75, 3.05) is 18.2 Å². The van der Waals surface area contributed by atoms with Gasteiger partial charge in [-0.3, -0.25) is 4.79 Å². The van der Waals surface area contributed by atoms with Gasteiger partial charge in [0, 0.05) is 22.8 Å². The Balaban J connectivity index is 1.50. The second-order valence-corrected chi connectivity index (χ2v) is 6.50. The maximum absolute atomic E-state index is 14.1. The van der Waals surface area contributed by atoms with Crippen LogP contribution >= 0.6 is 11.8 Å². The molecule has 0 radical (unpaired) electrons. The van der Waals surface area contributed by atoms with Gasteiger partial charge in [0.2, 0.25) is 5.91 Å². The smallest absolute Gasteiger partial charge is 0.225 e. The molecular formula is C18H17FN4O2S. The van der Waals surface area contributed by atoms with Gasteiger partial charge in [-0.1, -0.05) is 0 Å². The topological polar surface area (TPSA) is 69.0 Å². The highest BCUT2D eigenvalue weighted by Crippen LogP contribution is 2.22. The Morgan fingerprint density at radius 1 is 1.27 bits per heavy atom. The van der Waals surface area contributed by atoms with Crippen molar-refractivity contribution >= 4 is 23.4 Å². The molecule has 3 rings (SSSR count). The van der Waals surface area contributed by atoms with Gasteiger partial charge in [-0.2, -0.15) is 5.10 Å². The lowest BCUT2D eigenvalue weighted by Gasteiger charge is -2.08. The zero-order valence-electron chi connectivity index (χ0n) is 14.1. The summed E-state index contributed by atoms with van der Waals surface area (Å²) >= 11 is 1.57. The van der Waals surface area contributed by atoms with Crippen LogP contribution in [-0.2, 0) is 4.79 Å². The summed E-state index contributed by atoms with van der Waals surface area (Å²) in [6, 6.07) is 12.1. The van der Waals surface area contributed by atoms with E-state index in [4.69, 9.17) is 4.74 Å². The van der Waals surface area contributed by atoms with Gasteiger partial charge in [-0.05, 0) is 42.5 Å². The van der Waals surface area contributed by atoms with E-state index in [1.54, 1.807) is 31.0 Å². The highest BCUT2D eigenvalue weighted by molar-refractivity contribution is 7.99. The molecule has 6 nitrogen and oxygen atoms in total. The first-order valence-corrected chi connectivity index (χ1v) is 8.85. The SMILES string of the molecule is COc1ccc(SCCC(=O)Nc2ccc(-n3cncn3)c(F)c2)cc1. The number of halogens is 1. The molecule has 0 aliphatic carbocycles. The first-order chi connectivity index (χ1) is 12.7. The normalized spacial score (nSPS) is 10.5.